The minimum atomic E-state index is -0.392. The van der Waals surface area contributed by atoms with Gasteiger partial charge in [0.2, 0.25) is 5.91 Å². The van der Waals surface area contributed by atoms with E-state index in [1.165, 1.54) is 5.56 Å². The smallest absolute Gasteiger partial charge is 0.232 e. The van der Waals surface area contributed by atoms with Gasteiger partial charge < -0.3 is 14.7 Å². The van der Waals surface area contributed by atoms with Crippen LogP contribution in [0.4, 0.5) is 0 Å². The maximum atomic E-state index is 12.8. The summed E-state index contributed by atoms with van der Waals surface area (Å²) in [6.07, 6.45) is 0. The van der Waals surface area contributed by atoms with Crippen LogP contribution in [0.2, 0.25) is 0 Å². The second-order valence-electron chi connectivity index (χ2n) is 7.23. The minimum absolute atomic E-state index is 0.0285. The number of fused-ring (bicyclic) bond motifs is 3. The molecule has 2 aliphatic heterocycles. The van der Waals surface area contributed by atoms with Crippen LogP contribution < -0.4 is 4.74 Å². The Labute approximate surface area is 158 Å². The standard InChI is InChI=1S/C21H23NO3S/c1-15-6-2-5-9-19(15)26-11-20(24)22-10-17-16-7-3-4-8-18(16)25-14-21(17,12-22)13-23/h2-9,17,23H,10-14H2,1H3/t17-,21-/m1/s1. The fourth-order valence-corrected chi connectivity index (χ4v) is 4.94. The second kappa shape index (κ2) is 6.97. The van der Waals surface area contributed by atoms with Crippen molar-refractivity contribution >= 4 is 17.7 Å². The number of rotatable bonds is 4. The number of likely N-dealkylation sites (tertiary alicyclic amines) is 1. The predicted octanol–water partition coefficient (Wildman–Crippen LogP) is 3.08. The van der Waals surface area contributed by atoms with Crippen LogP contribution >= 0.6 is 11.8 Å². The van der Waals surface area contributed by atoms with E-state index in [1.807, 2.05) is 35.2 Å². The molecule has 4 rings (SSSR count). The molecule has 1 N–H and O–H groups in total. The molecule has 2 heterocycles. The first-order valence-electron chi connectivity index (χ1n) is 8.92. The number of aliphatic hydroxyl groups excluding tert-OH is 1. The fraction of sp³-hybridized carbons (Fsp3) is 0.381. The molecule has 2 aromatic carbocycles. The highest BCUT2D eigenvalue weighted by molar-refractivity contribution is 8.00. The van der Waals surface area contributed by atoms with Crippen LogP contribution in [-0.4, -0.2) is 48.0 Å². The summed E-state index contributed by atoms with van der Waals surface area (Å²) < 4.78 is 5.90. The number of para-hydroxylation sites is 1. The number of thioether (sulfide) groups is 1. The molecule has 5 heteroatoms. The van der Waals surface area contributed by atoms with Gasteiger partial charge in [0, 0.05) is 23.9 Å². The molecule has 4 nitrogen and oxygen atoms in total. The van der Waals surface area contributed by atoms with E-state index in [-0.39, 0.29) is 18.4 Å². The van der Waals surface area contributed by atoms with E-state index in [1.54, 1.807) is 11.8 Å². The molecule has 0 unspecified atom stereocenters. The molecular formula is C21H23NO3S. The van der Waals surface area contributed by atoms with E-state index >= 15 is 0 Å². The number of hydrogen-bond acceptors (Lipinski definition) is 4. The van der Waals surface area contributed by atoms with Crippen LogP contribution in [0.1, 0.15) is 17.0 Å². The summed E-state index contributed by atoms with van der Waals surface area (Å²) in [4.78, 5) is 15.9. The van der Waals surface area contributed by atoms with Crippen molar-refractivity contribution < 1.29 is 14.6 Å². The summed E-state index contributed by atoms with van der Waals surface area (Å²) >= 11 is 1.58. The maximum absolute atomic E-state index is 12.8. The number of aliphatic hydroxyl groups is 1. The lowest BCUT2D eigenvalue weighted by atomic mass is 9.74. The van der Waals surface area contributed by atoms with E-state index in [2.05, 4.69) is 25.1 Å². The van der Waals surface area contributed by atoms with E-state index in [4.69, 9.17) is 4.74 Å². The van der Waals surface area contributed by atoms with Crippen LogP contribution in [0.3, 0.4) is 0 Å². The SMILES string of the molecule is Cc1ccccc1SCC(=O)N1C[C@@H]2c3ccccc3OC[C@]2(CO)C1. The molecule has 0 aliphatic carbocycles. The van der Waals surface area contributed by atoms with Crippen molar-refractivity contribution in [2.75, 3.05) is 32.1 Å². The molecule has 0 saturated carbocycles. The Morgan fingerprint density at radius 2 is 2.04 bits per heavy atom. The van der Waals surface area contributed by atoms with E-state index in [0.717, 1.165) is 16.2 Å². The zero-order valence-electron chi connectivity index (χ0n) is 14.9. The Morgan fingerprint density at radius 3 is 2.85 bits per heavy atom. The monoisotopic (exact) mass is 369 g/mol. The van der Waals surface area contributed by atoms with Gasteiger partial charge in [0.05, 0.1) is 24.4 Å². The first-order chi connectivity index (χ1) is 12.6. The predicted molar refractivity (Wildman–Crippen MR) is 103 cm³/mol. The summed E-state index contributed by atoms with van der Waals surface area (Å²) in [5.74, 6) is 1.55. The molecule has 2 atom stereocenters. The fourth-order valence-electron chi connectivity index (χ4n) is 4.01. The average Bonchev–Trinajstić information content (AvgIpc) is 3.08. The molecule has 0 aromatic heterocycles. The lowest BCUT2D eigenvalue weighted by Crippen LogP contribution is -2.42. The molecule has 136 valence electrons. The van der Waals surface area contributed by atoms with Crippen molar-refractivity contribution in [1.82, 2.24) is 4.90 Å². The highest BCUT2D eigenvalue weighted by atomic mass is 32.2. The van der Waals surface area contributed by atoms with Gasteiger partial charge >= 0.3 is 0 Å². The van der Waals surface area contributed by atoms with E-state index < -0.39 is 5.41 Å². The van der Waals surface area contributed by atoms with Crippen molar-refractivity contribution in [2.45, 2.75) is 17.7 Å². The summed E-state index contributed by atoms with van der Waals surface area (Å²) in [6, 6.07) is 16.1. The number of amides is 1. The normalized spacial score (nSPS) is 23.9. The lowest BCUT2D eigenvalue weighted by molar-refractivity contribution is -0.127. The van der Waals surface area contributed by atoms with E-state index in [0.29, 0.717) is 25.4 Å². The van der Waals surface area contributed by atoms with Gasteiger partial charge in [-0.05, 0) is 30.2 Å². The van der Waals surface area contributed by atoms with Crippen LogP contribution in [0.15, 0.2) is 53.4 Å². The van der Waals surface area contributed by atoms with Gasteiger partial charge in [-0.3, -0.25) is 4.79 Å². The van der Waals surface area contributed by atoms with Crippen molar-refractivity contribution in [1.29, 1.82) is 0 Å². The number of aryl methyl sites for hydroxylation is 1. The van der Waals surface area contributed by atoms with Gasteiger partial charge in [0.15, 0.2) is 0 Å². The van der Waals surface area contributed by atoms with Crippen LogP contribution in [0.25, 0.3) is 0 Å². The topological polar surface area (TPSA) is 49.8 Å². The highest BCUT2D eigenvalue weighted by Crippen LogP contribution is 2.49. The Balaban J connectivity index is 1.49. The molecule has 1 saturated heterocycles. The van der Waals surface area contributed by atoms with Crippen LogP contribution in [-0.2, 0) is 4.79 Å². The zero-order chi connectivity index (χ0) is 18.1. The quantitative estimate of drug-likeness (QED) is 0.842. The van der Waals surface area contributed by atoms with Gasteiger partial charge in [-0.15, -0.1) is 11.8 Å². The van der Waals surface area contributed by atoms with Gasteiger partial charge in [0.1, 0.15) is 5.75 Å². The third-order valence-electron chi connectivity index (χ3n) is 5.57. The Hall–Kier alpha value is -1.98. The van der Waals surface area contributed by atoms with Gasteiger partial charge in [-0.1, -0.05) is 36.4 Å². The molecule has 2 aromatic rings. The van der Waals surface area contributed by atoms with Crippen molar-refractivity contribution in [2.24, 2.45) is 5.41 Å². The maximum Gasteiger partial charge on any atom is 0.232 e. The van der Waals surface area contributed by atoms with Crippen molar-refractivity contribution in [3.8, 4) is 5.75 Å². The Morgan fingerprint density at radius 1 is 1.27 bits per heavy atom. The Bertz CT molecular complexity index is 824. The Kier molecular flexibility index (Phi) is 4.67. The molecule has 0 bridgehead atoms. The summed E-state index contributed by atoms with van der Waals surface area (Å²) in [5.41, 5.74) is 1.90. The van der Waals surface area contributed by atoms with Gasteiger partial charge in [0.25, 0.3) is 0 Å². The molecule has 2 aliphatic rings. The molecule has 0 spiro atoms. The first-order valence-corrected chi connectivity index (χ1v) is 9.90. The number of carbonyl (C=O) groups excluding carboxylic acids is 1. The third kappa shape index (κ3) is 2.99. The van der Waals surface area contributed by atoms with E-state index in [9.17, 15) is 9.90 Å². The summed E-state index contributed by atoms with van der Waals surface area (Å²) in [7, 11) is 0. The first kappa shape index (κ1) is 17.4. The average molecular weight is 369 g/mol. The molecule has 0 radical (unpaired) electrons. The van der Waals surface area contributed by atoms with Crippen molar-refractivity contribution in [3.05, 3.63) is 59.7 Å². The summed E-state index contributed by atoms with van der Waals surface area (Å²) in [6.45, 7) is 3.75. The molecule has 26 heavy (non-hydrogen) atoms. The zero-order valence-corrected chi connectivity index (χ0v) is 15.7. The molecule has 1 fully saturated rings. The largest absolute Gasteiger partial charge is 0.493 e. The lowest BCUT2D eigenvalue weighted by Gasteiger charge is -2.37. The number of hydrogen-bond donors (Lipinski definition) is 1. The molecule has 1 amide bonds. The summed E-state index contributed by atoms with van der Waals surface area (Å²) in [5, 5.41) is 10.1. The second-order valence-corrected chi connectivity index (χ2v) is 8.25. The van der Waals surface area contributed by atoms with Crippen LogP contribution in [0, 0.1) is 12.3 Å². The number of nitrogens with zero attached hydrogens (tertiary/aromatic N) is 1. The highest BCUT2D eigenvalue weighted by Gasteiger charge is 2.51. The van der Waals surface area contributed by atoms with Gasteiger partial charge in [-0.2, -0.15) is 0 Å². The van der Waals surface area contributed by atoms with Crippen molar-refractivity contribution in [3.63, 3.8) is 0 Å². The van der Waals surface area contributed by atoms with Crippen LogP contribution in [0.5, 0.6) is 5.75 Å². The third-order valence-corrected chi connectivity index (χ3v) is 6.73. The number of benzene rings is 2. The van der Waals surface area contributed by atoms with Gasteiger partial charge in [-0.25, -0.2) is 0 Å². The minimum Gasteiger partial charge on any atom is -0.493 e. The number of ether oxygens (including phenoxy) is 1. The number of carbonyl (C=O) groups is 1. The molecular weight excluding hydrogens is 346 g/mol.